The second-order valence-electron chi connectivity index (χ2n) is 5.88. The van der Waals surface area contributed by atoms with Crippen LogP contribution >= 0.6 is 0 Å². The number of para-hydroxylation sites is 2. The molecule has 4 rings (SSSR count). The van der Waals surface area contributed by atoms with E-state index in [2.05, 4.69) is 26.9 Å². The van der Waals surface area contributed by atoms with E-state index < -0.39 is 0 Å². The Morgan fingerprint density at radius 3 is 2.76 bits per heavy atom. The normalized spacial score (nSPS) is 13.4. The van der Waals surface area contributed by atoms with Crippen molar-refractivity contribution in [3.05, 3.63) is 60.2 Å². The van der Waals surface area contributed by atoms with E-state index in [1.165, 1.54) is 5.56 Å². The Hall–Kier alpha value is -3.22. The zero-order valence-corrected chi connectivity index (χ0v) is 13.7. The summed E-state index contributed by atoms with van der Waals surface area (Å²) in [5.41, 5.74) is 3.06. The van der Waals surface area contributed by atoms with E-state index in [1.807, 2.05) is 53.4 Å². The molecule has 0 aliphatic carbocycles. The predicted octanol–water partition coefficient (Wildman–Crippen LogP) is 2.05. The quantitative estimate of drug-likeness (QED) is 0.790. The fourth-order valence-corrected chi connectivity index (χ4v) is 3.08. The van der Waals surface area contributed by atoms with Gasteiger partial charge in [0, 0.05) is 12.2 Å². The SMILES string of the molecule is O=C(CNc1nnnn1-c1ccccc1)N1CCCc2ccccc21. The van der Waals surface area contributed by atoms with Gasteiger partial charge in [0.25, 0.3) is 0 Å². The molecule has 1 N–H and O–H groups in total. The first-order valence-electron chi connectivity index (χ1n) is 8.29. The molecule has 1 aliphatic rings. The Kier molecular flexibility index (Phi) is 4.12. The van der Waals surface area contributed by atoms with E-state index in [9.17, 15) is 4.79 Å². The molecule has 0 saturated carbocycles. The first-order chi connectivity index (χ1) is 12.3. The summed E-state index contributed by atoms with van der Waals surface area (Å²) in [4.78, 5) is 14.5. The zero-order valence-electron chi connectivity index (χ0n) is 13.7. The summed E-state index contributed by atoms with van der Waals surface area (Å²) in [5.74, 6) is 0.458. The number of tetrazole rings is 1. The van der Waals surface area contributed by atoms with Crippen LogP contribution in [0.25, 0.3) is 5.69 Å². The van der Waals surface area contributed by atoms with Crippen molar-refractivity contribution >= 4 is 17.5 Å². The van der Waals surface area contributed by atoms with Gasteiger partial charge >= 0.3 is 0 Å². The molecule has 1 aliphatic heterocycles. The van der Waals surface area contributed by atoms with Crippen LogP contribution in [0.5, 0.6) is 0 Å². The number of rotatable bonds is 4. The molecule has 0 unspecified atom stereocenters. The topological polar surface area (TPSA) is 75.9 Å². The van der Waals surface area contributed by atoms with Crippen molar-refractivity contribution in [1.82, 2.24) is 20.2 Å². The maximum absolute atomic E-state index is 12.7. The predicted molar refractivity (Wildman–Crippen MR) is 94.8 cm³/mol. The van der Waals surface area contributed by atoms with Gasteiger partial charge in [0.05, 0.1) is 12.2 Å². The molecule has 7 nitrogen and oxygen atoms in total. The van der Waals surface area contributed by atoms with Crippen LogP contribution in [-0.4, -0.2) is 39.2 Å². The number of carbonyl (C=O) groups excluding carboxylic acids is 1. The molecular weight excluding hydrogens is 316 g/mol. The summed E-state index contributed by atoms with van der Waals surface area (Å²) in [6.45, 7) is 0.878. The van der Waals surface area contributed by atoms with Crippen LogP contribution in [-0.2, 0) is 11.2 Å². The zero-order chi connectivity index (χ0) is 17.1. The summed E-state index contributed by atoms with van der Waals surface area (Å²) in [5, 5.41) is 14.7. The van der Waals surface area contributed by atoms with E-state index in [1.54, 1.807) is 4.68 Å². The van der Waals surface area contributed by atoms with Crippen LogP contribution in [0.15, 0.2) is 54.6 Å². The van der Waals surface area contributed by atoms with Gasteiger partial charge in [0.2, 0.25) is 11.9 Å². The third-order valence-corrected chi connectivity index (χ3v) is 4.28. The second-order valence-corrected chi connectivity index (χ2v) is 5.88. The van der Waals surface area contributed by atoms with Crippen molar-refractivity contribution in [2.45, 2.75) is 12.8 Å². The van der Waals surface area contributed by atoms with Crippen molar-refractivity contribution in [3.63, 3.8) is 0 Å². The fourth-order valence-electron chi connectivity index (χ4n) is 3.08. The highest BCUT2D eigenvalue weighted by atomic mass is 16.2. The number of anilines is 2. The minimum absolute atomic E-state index is 0.00904. The van der Waals surface area contributed by atoms with Gasteiger partial charge in [-0.1, -0.05) is 41.5 Å². The molecule has 3 aromatic rings. The lowest BCUT2D eigenvalue weighted by atomic mass is 10.0. The monoisotopic (exact) mass is 334 g/mol. The number of carbonyl (C=O) groups is 1. The molecule has 0 spiro atoms. The average Bonchev–Trinajstić information content (AvgIpc) is 3.15. The first-order valence-corrected chi connectivity index (χ1v) is 8.29. The van der Waals surface area contributed by atoms with E-state index in [0.717, 1.165) is 30.8 Å². The number of aromatic nitrogens is 4. The maximum Gasteiger partial charge on any atom is 0.248 e. The molecule has 0 fully saturated rings. The lowest BCUT2D eigenvalue weighted by Crippen LogP contribution is -2.39. The summed E-state index contributed by atoms with van der Waals surface area (Å²) >= 11 is 0. The fraction of sp³-hybridized carbons (Fsp3) is 0.222. The van der Waals surface area contributed by atoms with E-state index in [0.29, 0.717) is 5.95 Å². The molecule has 25 heavy (non-hydrogen) atoms. The van der Waals surface area contributed by atoms with Gasteiger partial charge in [-0.05, 0) is 47.0 Å². The molecule has 0 radical (unpaired) electrons. The molecule has 1 aromatic heterocycles. The van der Waals surface area contributed by atoms with Gasteiger partial charge < -0.3 is 10.2 Å². The Labute approximate surface area is 145 Å². The van der Waals surface area contributed by atoms with Crippen LogP contribution < -0.4 is 10.2 Å². The Balaban J connectivity index is 1.48. The average molecular weight is 334 g/mol. The van der Waals surface area contributed by atoms with Crippen LogP contribution in [0.1, 0.15) is 12.0 Å². The molecule has 0 saturated heterocycles. The Morgan fingerprint density at radius 1 is 1.08 bits per heavy atom. The van der Waals surface area contributed by atoms with E-state index in [-0.39, 0.29) is 12.5 Å². The highest BCUT2D eigenvalue weighted by Gasteiger charge is 2.22. The molecule has 2 aromatic carbocycles. The maximum atomic E-state index is 12.7. The molecule has 1 amide bonds. The molecule has 7 heteroatoms. The summed E-state index contributed by atoms with van der Waals surface area (Å²) in [6, 6.07) is 17.6. The van der Waals surface area contributed by atoms with Gasteiger partial charge in [-0.3, -0.25) is 4.79 Å². The number of nitrogens with zero attached hydrogens (tertiary/aromatic N) is 5. The van der Waals surface area contributed by atoms with Gasteiger partial charge in [-0.15, -0.1) is 0 Å². The Bertz CT molecular complexity index is 876. The number of amides is 1. The van der Waals surface area contributed by atoms with Crippen LogP contribution in [0.4, 0.5) is 11.6 Å². The van der Waals surface area contributed by atoms with Gasteiger partial charge in [-0.2, -0.15) is 4.68 Å². The van der Waals surface area contributed by atoms with Gasteiger partial charge in [0.15, 0.2) is 0 Å². The van der Waals surface area contributed by atoms with Crippen molar-refractivity contribution in [2.75, 3.05) is 23.3 Å². The van der Waals surface area contributed by atoms with Crippen LogP contribution in [0.3, 0.4) is 0 Å². The van der Waals surface area contributed by atoms with Gasteiger partial charge in [0.1, 0.15) is 0 Å². The largest absolute Gasteiger partial charge is 0.344 e. The number of hydrogen-bond acceptors (Lipinski definition) is 5. The summed E-state index contributed by atoms with van der Waals surface area (Å²) in [7, 11) is 0. The Morgan fingerprint density at radius 2 is 1.88 bits per heavy atom. The minimum Gasteiger partial charge on any atom is -0.344 e. The lowest BCUT2D eigenvalue weighted by Gasteiger charge is -2.29. The van der Waals surface area contributed by atoms with Crippen molar-refractivity contribution in [1.29, 1.82) is 0 Å². The van der Waals surface area contributed by atoms with E-state index in [4.69, 9.17) is 0 Å². The summed E-state index contributed by atoms with van der Waals surface area (Å²) in [6.07, 6.45) is 1.99. The highest BCUT2D eigenvalue weighted by molar-refractivity contribution is 5.97. The molecule has 0 atom stereocenters. The number of hydrogen-bond donors (Lipinski definition) is 1. The first kappa shape index (κ1) is 15.3. The van der Waals surface area contributed by atoms with Crippen molar-refractivity contribution in [2.24, 2.45) is 0 Å². The standard InChI is InChI=1S/C18H18N6O/c25-17(23-12-6-8-14-7-4-5-11-16(14)23)13-19-18-20-21-22-24(18)15-9-2-1-3-10-15/h1-5,7,9-11H,6,8,12-13H2,(H,19,20,22). The molecule has 2 heterocycles. The number of nitrogens with one attached hydrogen (secondary N) is 1. The number of fused-ring (bicyclic) bond motifs is 1. The van der Waals surface area contributed by atoms with Gasteiger partial charge in [-0.25, -0.2) is 0 Å². The van der Waals surface area contributed by atoms with E-state index >= 15 is 0 Å². The molecule has 0 bridgehead atoms. The third-order valence-electron chi connectivity index (χ3n) is 4.28. The third kappa shape index (κ3) is 3.08. The highest BCUT2D eigenvalue weighted by Crippen LogP contribution is 2.26. The smallest absolute Gasteiger partial charge is 0.248 e. The van der Waals surface area contributed by atoms with Crippen molar-refractivity contribution in [3.8, 4) is 5.69 Å². The summed E-state index contributed by atoms with van der Waals surface area (Å²) < 4.78 is 1.58. The van der Waals surface area contributed by atoms with Crippen molar-refractivity contribution < 1.29 is 4.79 Å². The molecular formula is C18H18N6O. The number of benzene rings is 2. The second kappa shape index (κ2) is 6.72. The van der Waals surface area contributed by atoms with Crippen LogP contribution in [0.2, 0.25) is 0 Å². The minimum atomic E-state index is 0.00904. The number of aryl methyl sites for hydroxylation is 1. The molecule has 126 valence electrons. The lowest BCUT2D eigenvalue weighted by molar-refractivity contribution is -0.117. The van der Waals surface area contributed by atoms with Crippen LogP contribution in [0, 0.1) is 0 Å².